The van der Waals surface area contributed by atoms with Gasteiger partial charge in [0.2, 0.25) is 0 Å². The molecule has 3 aromatic rings. The van der Waals surface area contributed by atoms with Crippen molar-refractivity contribution in [3.8, 4) is 0 Å². The Morgan fingerprint density at radius 1 is 1.02 bits per heavy atom. The fourth-order valence-corrected chi connectivity index (χ4v) is 5.10. The molecular weight excluding hydrogens is 585 g/mol. The molecular formula is C27H28ClF3N4O5S. The van der Waals surface area contributed by atoms with Crippen LogP contribution in [0.15, 0.2) is 71.6 Å². The first-order valence-corrected chi connectivity index (χ1v) is 14.1. The lowest BCUT2D eigenvalue weighted by atomic mass is 10.1. The van der Waals surface area contributed by atoms with E-state index in [1.165, 1.54) is 12.1 Å². The number of piperazine rings is 1. The van der Waals surface area contributed by atoms with Crippen molar-refractivity contribution < 1.29 is 36.3 Å². The Hall–Kier alpha value is -3.81. The Morgan fingerprint density at radius 2 is 1.66 bits per heavy atom. The molecule has 220 valence electrons. The van der Waals surface area contributed by atoms with Crippen LogP contribution >= 0.6 is 11.6 Å². The van der Waals surface area contributed by atoms with E-state index in [2.05, 4.69) is 20.3 Å². The number of nitrogens with one attached hydrogen (secondary N) is 3. The summed E-state index contributed by atoms with van der Waals surface area (Å²) >= 11 is 6.17. The third-order valence-electron chi connectivity index (χ3n) is 5.95. The van der Waals surface area contributed by atoms with E-state index in [9.17, 15) is 26.4 Å². The highest BCUT2D eigenvalue weighted by Crippen LogP contribution is 2.31. The summed E-state index contributed by atoms with van der Waals surface area (Å²) in [6.45, 7) is 5.22. The normalized spacial score (nSPS) is 13.5. The maximum Gasteiger partial charge on any atom is 0.490 e. The van der Waals surface area contributed by atoms with E-state index in [-0.39, 0.29) is 10.8 Å². The average molecular weight is 613 g/mol. The molecule has 4 N–H and O–H groups in total. The predicted octanol–water partition coefficient (Wildman–Crippen LogP) is 4.42. The molecule has 0 saturated carbocycles. The number of amides is 1. The van der Waals surface area contributed by atoms with Crippen LogP contribution in [0.5, 0.6) is 0 Å². The average Bonchev–Trinajstić information content (AvgIpc) is 2.93. The van der Waals surface area contributed by atoms with E-state index in [1.807, 2.05) is 37.3 Å². The monoisotopic (exact) mass is 612 g/mol. The SMILES string of the molecule is Cc1ccc(S(=O)(=O)Nc2cc(C(=O)NCc3ccccc3)ccc2N2CCNCC2)cc1Cl.O=C(O)C(F)(F)F. The summed E-state index contributed by atoms with van der Waals surface area (Å²) in [5.74, 6) is -3.04. The number of nitrogens with zero attached hydrogens (tertiary/aromatic N) is 1. The van der Waals surface area contributed by atoms with Gasteiger partial charge < -0.3 is 20.6 Å². The minimum atomic E-state index is -5.08. The molecule has 1 aliphatic rings. The van der Waals surface area contributed by atoms with Crippen LogP contribution in [-0.4, -0.2) is 57.8 Å². The number of alkyl halides is 3. The van der Waals surface area contributed by atoms with Crippen molar-refractivity contribution in [2.24, 2.45) is 0 Å². The van der Waals surface area contributed by atoms with Gasteiger partial charge in [0.05, 0.1) is 16.3 Å². The third-order valence-corrected chi connectivity index (χ3v) is 7.72. The van der Waals surface area contributed by atoms with E-state index in [4.69, 9.17) is 21.5 Å². The lowest BCUT2D eigenvalue weighted by Crippen LogP contribution is -2.43. The van der Waals surface area contributed by atoms with E-state index >= 15 is 0 Å². The van der Waals surface area contributed by atoms with Crippen molar-refractivity contribution in [1.82, 2.24) is 10.6 Å². The first-order valence-electron chi connectivity index (χ1n) is 12.3. The van der Waals surface area contributed by atoms with E-state index in [1.54, 1.807) is 24.3 Å². The first-order chi connectivity index (χ1) is 19.3. The summed E-state index contributed by atoms with van der Waals surface area (Å²) in [5, 5.41) is 13.7. The van der Waals surface area contributed by atoms with E-state index in [0.29, 0.717) is 22.8 Å². The van der Waals surface area contributed by atoms with Gasteiger partial charge in [-0.05, 0) is 48.4 Å². The summed E-state index contributed by atoms with van der Waals surface area (Å²) in [4.78, 5) is 23.9. The number of carboxylic acid groups (broad SMARTS) is 1. The van der Waals surface area contributed by atoms with E-state index in [0.717, 1.165) is 43.0 Å². The van der Waals surface area contributed by atoms with Crippen molar-refractivity contribution in [3.63, 3.8) is 0 Å². The lowest BCUT2D eigenvalue weighted by molar-refractivity contribution is -0.192. The van der Waals surface area contributed by atoms with Crippen LogP contribution in [0, 0.1) is 6.92 Å². The first kappa shape index (κ1) is 31.7. The molecule has 0 unspecified atom stereocenters. The van der Waals surface area contributed by atoms with Crippen LogP contribution in [0.25, 0.3) is 0 Å². The number of hydrogen-bond donors (Lipinski definition) is 4. The van der Waals surface area contributed by atoms with Crippen molar-refractivity contribution in [2.75, 3.05) is 35.8 Å². The Bertz CT molecular complexity index is 1480. The molecule has 0 atom stereocenters. The number of benzene rings is 3. The number of carboxylic acids is 1. The van der Waals surface area contributed by atoms with Gasteiger partial charge in [-0.15, -0.1) is 0 Å². The second kappa shape index (κ2) is 13.7. The maximum absolute atomic E-state index is 13.2. The number of sulfonamides is 1. The molecule has 41 heavy (non-hydrogen) atoms. The minimum absolute atomic E-state index is 0.0632. The van der Waals surface area contributed by atoms with Crippen LogP contribution < -0.4 is 20.3 Å². The van der Waals surface area contributed by atoms with Crippen LogP contribution in [0.3, 0.4) is 0 Å². The predicted molar refractivity (Wildman–Crippen MR) is 150 cm³/mol. The number of halogens is 4. The van der Waals surface area contributed by atoms with Gasteiger partial charge >= 0.3 is 12.1 Å². The number of carbonyl (C=O) groups excluding carboxylic acids is 1. The van der Waals surface area contributed by atoms with Crippen LogP contribution in [0.2, 0.25) is 5.02 Å². The highest BCUT2D eigenvalue weighted by molar-refractivity contribution is 7.92. The molecule has 4 rings (SSSR count). The lowest BCUT2D eigenvalue weighted by Gasteiger charge is -2.31. The number of hydrogen-bond acceptors (Lipinski definition) is 6. The Kier molecular flexibility index (Phi) is 10.6. The van der Waals surface area contributed by atoms with Crippen molar-refractivity contribution in [3.05, 3.63) is 88.4 Å². The maximum atomic E-state index is 13.2. The minimum Gasteiger partial charge on any atom is -0.475 e. The number of carbonyl (C=O) groups is 2. The Morgan fingerprint density at radius 3 is 2.24 bits per heavy atom. The van der Waals surface area contributed by atoms with Crippen molar-refractivity contribution >= 4 is 44.9 Å². The molecule has 3 aromatic carbocycles. The zero-order chi connectivity index (χ0) is 30.2. The molecule has 0 radical (unpaired) electrons. The fourth-order valence-electron chi connectivity index (χ4n) is 3.77. The second-order valence-electron chi connectivity index (χ2n) is 8.96. The molecule has 1 fully saturated rings. The topological polar surface area (TPSA) is 128 Å². The quantitative estimate of drug-likeness (QED) is 0.311. The van der Waals surface area contributed by atoms with Crippen LogP contribution in [-0.2, 0) is 21.4 Å². The summed E-state index contributed by atoms with van der Waals surface area (Å²) < 4.78 is 60.8. The second-order valence-corrected chi connectivity index (χ2v) is 11.0. The van der Waals surface area contributed by atoms with Gasteiger partial charge in [0.25, 0.3) is 15.9 Å². The molecule has 1 saturated heterocycles. The van der Waals surface area contributed by atoms with Gasteiger partial charge in [0, 0.05) is 43.3 Å². The molecule has 0 bridgehead atoms. The number of aliphatic carboxylic acids is 1. The van der Waals surface area contributed by atoms with E-state index < -0.39 is 22.2 Å². The summed E-state index contributed by atoms with van der Waals surface area (Å²) in [6.07, 6.45) is -5.08. The third kappa shape index (κ3) is 9.10. The number of aryl methyl sites for hydroxylation is 1. The van der Waals surface area contributed by atoms with Crippen molar-refractivity contribution in [1.29, 1.82) is 0 Å². The van der Waals surface area contributed by atoms with Crippen molar-refractivity contribution in [2.45, 2.75) is 24.5 Å². The molecule has 0 aliphatic carbocycles. The molecule has 1 aliphatic heterocycles. The van der Waals surface area contributed by atoms with Crippen LogP contribution in [0.4, 0.5) is 24.5 Å². The highest BCUT2D eigenvalue weighted by Gasteiger charge is 2.38. The smallest absolute Gasteiger partial charge is 0.475 e. The molecule has 1 heterocycles. The van der Waals surface area contributed by atoms with Gasteiger partial charge in [0.15, 0.2) is 0 Å². The van der Waals surface area contributed by atoms with Gasteiger partial charge in [-0.1, -0.05) is 48.0 Å². The molecule has 0 spiro atoms. The Balaban J connectivity index is 0.000000587. The Labute approximate surface area is 240 Å². The molecule has 0 aromatic heterocycles. The van der Waals surface area contributed by atoms with Gasteiger partial charge in [-0.2, -0.15) is 13.2 Å². The van der Waals surface area contributed by atoms with Gasteiger partial charge in [-0.3, -0.25) is 9.52 Å². The highest BCUT2D eigenvalue weighted by atomic mass is 35.5. The molecule has 9 nitrogen and oxygen atoms in total. The molecule has 14 heteroatoms. The summed E-state index contributed by atoms with van der Waals surface area (Å²) in [7, 11) is -3.92. The van der Waals surface area contributed by atoms with Gasteiger partial charge in [-0.25, -0.2) is 13.2 Å². The number of rotatable bonds is 7. The molecule has 1 amide bonds. The number of anilines is 2. The van der Waals surface area contributed by atoms with Gasteiger partial charge in [0.1, 0.15) is 0 Å². The largest absolute Gasteiger partial charge is 0.490 e. The zero-order valence-corrected chi connectivity index (χ0v) is 23.4. The standard InChI is InChI=1S/C25H27ClN4O3S.C2HF3O2/c1-18-7-9-21(16-22(18)26)34(32,33)29-23-15-20(8-10-24(23)30-13-11-27-12-14-30)25(31)28-17-19-5-3-2-4-6-19;3-2(4,5)1(6)7/h2-10,15-16,27,29H,11-14,17H2,1H3,(H,28,31);(H,6,7). The summed E-state index contributed by atoms with van der Waals surface area (Å²) in [5.41, 5.74) is 3.22. The van der Waals surface area contributed by atoms with Crippen LogP contribution in [0.1, 0.15) is 21.5 Å². The fraction of sp³-hybridized carbons (Fsp3) is 0.259. The summed E-state index contributed by atoms with van der Waals surface area (Å²) in [6, 6.07) is 19.3. The zero-order valence-electron chi connectivity index (χ0n) is 21.8.